The van der Waals surface area contributed by atoms with Crippen LogP contribution in [0.2, 0.25) is 0 Å². The van der Waals surface area contributed by atoms with E-state index in [0.717, 1.165) is 9.37 Å². The summed E-state index contributed by atoms with van der Waals surface area (Å²) in [5.41, 5.74) is 5.95. The van der Waals surface area contributed by atoms with E-state index in [1.165, 1.54) is 11.8 Å². The van der Waals surface area contributed by atoms with Crippen LogP contribution in [0.4, 0.5) is 0 Å². The summed E-state index contributed by atoms with van der Waals surface area (Å²) < 4.78 is 2.41. The molecule has 0 saturated carbocycles. The number of hydrogen-bond acceptors (Lipinski definition) is 4. The molecular weight excluding hydrogens is 342 g/mol. The number of aromatic nitrogens is 3. The first-order valence-corrected chi connectivity index (χ1v) is 7.49. The topological polar surface area (TPSA) is 101 Å². The Morgan fingerprint density at radius 1 is 1.55 bits per heavy atom. The zero-order chi connectivity index (χ0) is 14.9. The van der Waals surface area contributed by atoms with E-state index in [2.05, 4.69) is 26.1 Å². The van der Waals surface area contributed by atoms with Crippen LogP contribution >= 0.6 is 27.7 Å². The van der Waals surface area contributed by atoms with Crippen LogP contribution in [0, 0.1) is 5.41 Å². The molecule has 0 spiro atoms. The summed E-state index contributed by atoms with van der Waals surface area (Å²) in [6.45, 7) is 3.82. The lowest BCUT2D eigenvalue weighted by molar-refractivity contribution is 0.534. The fourth-order valence-electron chi connectivity index (χ4n) is 1.72. The molecule has 0 atom stereocenters. The van der Waals surface area contributed by atoms with E-state index in [0.29, 0.717) is 10.7 Å². The molecule has 0 aliphatic heterocycles. The summed E-state index contributed by atoms with van der Waals surface area (Å²) in [5, 5.41) is 14.6. The minimum atomic E-state index is -0.246. The molecule has 0 amide bonds. The molecule has 4 N–H and O–H groups in total. The maximum absolute atomic E-state index is 11.7. The van der Waals surface area contributed by atoms with Gasteiger partial charge in [-0.1, -0.05) is 15.9 Å². The summed E-state index contributed by atoms with van der Waals surface area (Å²) in [6.07, 6.45) is 0. The SMILES string of the molecule is CC(C)n1c(Sc2ccc(Br)cc2C(=N)N)n[nH]c1=O. The molecule has 2 aromatic rings. The lowest BCUT2D eigenvalue weighted by Gasteiger charge is -2.11. The molecule has 0 radical (unpaired) electrons. The third-order valence-electron chi connectivity index (χ3n) is 2.62. The van der Waals surface area contributed by atoms with Crippen LogP contribution in [0.3, 0.4) is 0 Å². The molecule has 0 unspecified atom stereocenters. The summed E-state index contributed by atoms with van der Waals surface area (Å²) in [5.74, 6) is -0.0252. The van der Waals surface area contributed by atoms with Gasteiger partial charge >= 0.3 is 5.69 Å². The van der Waals surface area contributed by atoms with Crippen molar-refractivity contribution in [3.05, 3.63) is 38.7 Å². The van der Waals surface area contributed by atoms with Crippen molar-refractivity contribution < 1.29 is 0 Å². The van der Waals surface area contributed by atoms with E-state index in [1.54, 1.807) is 10.6 Å². The van der Waals surface area contributed by atoms with E-state index < -0.39 is 0 Å². The van der Waals surface area contributed by atoms with Gasteiger partial charge in [-0.25, -0.2) is 9.89 Å². The number of nitrogens with one attached hydrogen (secondary N) is 2. The van der Waals surface area contributed by atoms with Gasteiger partial charge in [-0.05, 0) is 43.8 Å². The molecule has 0 saturated heterocycles. The van der Waals surface area contributed by atoms with Crippen LogP contribution in [-0.2, 0) is 0 Å². The number of aromatic amines is 1. The highest BCUT2D eigenvalue weighted by Crippen LogP contribution is 2.31. The third-order valence-corrected chi connectivity index (χ3v) is 4.16. The molecule has 0 bridgehead atoms. The van der Waals surface area contributed by atoms with Gasteiger partial charge in [0.05, 0.1) is 0 Å². The van der Waals surface area contributed by atoms with Crippen molar-refractivity contribution in [1.29, 1.82) is 5.41 Å². The van der Waals surface area contributed by atoms with Crippen molar-refractivity contribution in [2.75, 3.05) is 0 Å². The molecule has 106 valence electrons. The number of hydrogen-bond donors (Lipinski definition) is 3. The molecule has 1 aromatic carbocycles. The predicted octanol–water partition coefficient (Wildman–Crippen LogP) is 2.35. The van der Waals surface area contributed by atoms with Crippen LogP contribution in [0.1, 0.15) is 25.5 Å². The first kappa shape index (κ1) is 14.9. The van der Waals surface area contributed by atoms with E-state index >= 15 is 0 Å². The highest BCUT2D eigenvalue weighted by atomic mass is 79.9. The van der Waals surface area contributed by atoms with Crippen molar-refractivity contribution >= 4 is 33.5 Å². The van der Waals surface area contributed by atoms with E-state index in [-0.39, 0.29) is 17.6 Å². The largest absolute Gasteiger partial charge is 0.384 e. The van der Waals surface area contributed by atoms with Crippen molar-refractivity contribution in [1.82, 2.24) is 14.8 Å². The molecule has 1 aromatic heterocycles. The zero-order valence-corrected chi connectivity index (χ0v) is 13.4. The van der Waals surface area contributed by atoms with E-state index in [9.17, 15) is 4.79 Å². The van der Waals surface area contributed by atoms with Crippen LogP contribution < -0.4 is 11.4 Å². The highest BCUT2D eigenvalue weighted by Gasteiger charge is 2.15. The Hall–Kier alpha value is -1.54. The Morgan fingerprint density at radius 2 is 2.25 bits per heavy atom. The summed E-state index contributed by atoms with van der Waals surface area (Å²) in [7, 11) is 0. The standard InChI is InChI=1S/C12H14BrN5OS/c1-6(2)18-11(19)16-17-12(18)20-9-4-3-7(13)5-8(9)10(14)15/h3-6H,1-2H3,(H3,14,15)(H,16,19). The maximum atomic E-state index is 11.7. The maximum Gasteiger partial charge on any atom is 0.344 e. The van der Waals surface area contributed by atoms with Gasteiger partial charge in [0, 0.05) is 21.0 Å². The monoisotopic (exact) mass is 355 g/mol. The number of benzene rings is 1. The highest BCUT2D eigenvalue weighted by molar-refractivity contribution is 9.10. The molecule has 0 fully saturated rings. The van der Waals surface area contributed by atoms with Crippen molar-refractivity contribution in [3.8, 4) is 0 Å². The van der Waals surface area contributed by atoms with Crippen molar-refractivity contribution in [3.63, 3.8) is 0 Å². The minimum Gasteiger partial charge on any atom is -0.384 e. The van der Waals surface area contributed by atoms with Gasteiger partial charge in [-0.15, -0.1) is 5.10 Å². The van der Waals surface area contributed by atoms with Crippen LogP contribution in [-0.4, -0.2) is 20.6 Å². The average Bonchev–Trinajstić information content (AvgIpc) is 2.72. The number of rotatable bonds is 4. The number of halogens is 1. The average molecular weight is 356 g/mol. The Bertz CT molecular complexity index is 706. The Labute approximate surface area is 128 Å². The predicted molar refractivity (Wildman–Crippen MR) is 82.5 cm³/mol. The van der Waals surface area contributed by atoms with Gasteiger partial charge < -0.3 is 5.73 Å². The molecule has 0 aliphatic rings. The zero-order valence-electron chi connectivity index (χ0n) is 11.0. The lowest BCUT2D eigenvalue weighted by Crippen LogP contribution is -2.19. The molecule has 20 heavy (non-hydrogen) atoms. The first-order chi connectivity index (χ1) is 9.40. The number of amidine groups is 1. The van der Waals surface area contributed by atoms with Crippen molar-refractivity contribution in [2.45, 2.75) is 29.9 Å². The molecule has 8 heteroatoms. The van der Waals surface area contributed by atoms with Gasteiger partial charge in [0.2, 0.25) is 0 Å². The molecule has 0 aliphatic carbocycles. The van der Waals surface area contributed by atoms with Gasteiger partial charge in [0.25, 0.3) is 0 Å². The lowest BCUT2D eigenvalue weighted by atomic mass is 10.2. The normalized spacial score (nSPS) is 11.0. The summed E-state index contributed by atoms with van der Waals surface area (Å²) in [6, 6.07) is 5.48. The van der Waals surface area contributed by atoms with E-state index in [1.807, 2.05) is 26.0 Å². The van der Waals surface area contributed by atoms with E-state index in [4.69, 9.17) is 11.1 Å². The van der Waals surface area contributed by atoms with Crippen LogP contribution in [0.5, 0.6) is 0 Å². The third kappa shape index (κ3) is 2.96. The summed E-state index contributed by atoms with van der Waals surface area (Å²) >= 11 is 4.66. The first-order valence-electron chi connectivity index (χ1n) is 5.89. The molecule has 1 heterocycles. The second kappa shape index (κ2) is 5.84. The number of H-pyrrole nitrogens is 1. The Kier molecular flexibility index (Phi) is 4.34. The van der Waals surface area contributed by atoms with Crippen LogP contribution in [0.15, 0.2) is 37.5 Å². The Morgan fingerprint density at radius 3 is 2.85 bits per heavy atom. The van der Waals surface area contributed by atoms with Gasteiger partial charge in [0.1, 0.15) is 5.84 Å². The van der Waals surface area contributed by atoms with Crippen LogP contribution in [0.25, 0.3) is 0 Å². The van der Waals surface area contributed by atoms with Gasteiger partial charge in [0.15, 0.2) is 5.16 Å². The number of nitrogen functional groups attached to an aromatic ring is 1. The summed E-state index contributed by atoms with van der Waals surface area (Å²) in [4.78, 5) is 12.5. The number of nitrogens with zero attached hydrogens (tertiary/aromatic N) is 2. The Balaban J connectivity index is 2.45. The van der Waals surface area contributed by atoms with Gasteiger partial charge in [-0.3, -0.25) is 9.98 Å². The minimum absolute atomic E-state index is 0.0000218. The van der Waals surface area contributed by atoms with Gasteiger partial charge in [-0.2, -0.15) is 0 Å². The smallest absolute Gasteiger partial charge is 0.344 e. The second-order valence-electron chi connectivity index (χ2n) is 4.43. The quantitative estimate of drug-likeness (QED) is 0.578. The second-order valence-corrected chi connectivity index (χ2v) is 6.36. The number of nitrogens with two attached hydrogens (primary N) is 1. The fraction of sp³-hybridized carbons (Fsp3) is 0.250. The fourth-order valence-corrected chi connectivity index (χ4v) is 3.17. The molecule has 6 nitrogen and oxygen atoms in total. The van der Waals surface area contributed by atoms with Crippen molar-refractivity contribution in [2.24, 2.45) is 5.73 Å². The molecule has 2 rings (SSSR count). The molecular formula is C12H14BrN5OS.